The Morgan fingerprint density at radius 1 is 0.812 bits per heavy atom. The molecule has 1 aromatic rings. The molecule has 174 valence electrons. The molecule has 0 aromatic heterocycles. The summed E-state index contributed by atoms with van der Waals surface area (Å²) in [7, 11) is 0. The van der Waals surface area contributed by atoms with Crippen molar-refractivity contribution in [3.8, 4) is 0 Å². The molecule has 0 radical (unpaired) electrons. The predicted molar refractivity (Wildman–Crippen MR) is 113 cm³/mol. The molecule has 0 amide bonds. The minimum absolute atomic E-state index is 0.000917. The quantitative estimate of drug-likeness (QED) is 0.420. The highest BCUT2D eigenvalue weighted by Crippen LogP contribution is 2.37. The van der Waals surface area contributed by atoms with Crippen LogP contribution in [0.3, 0.4) is 0 Å². The minimum atomic E-state index is -1.86. The molecule has 1 N–H and O–H groups in total. The molecule has 1 aliphatic rings. The van der Waals surface area contributed by atoms with Crippen LogP contribution in [0.2, 0.25) is 0 Å². The maximum atomic E-state index is 13.3. The van der Waals surface area contributed by atoms with Gasteiger partial charge in [0, 0.05) is 6.42 Å². The van der Waals surface area contributed by atoms with Crippen molar-refractivity contribution in [1.29, 1.82) is 0 Å². The van der Waals surface area contributed by atoms with Gasteiger partial charge >= 0.3 is 23.9 Å². The predicted octanol–water partition coefficient (Wildman–Crippen LogP) is 1.49. The lowest BCUT2D eigenvalue weighted by molar-refractivity contribution is -0.153. The van der Waals surface area contributed by atoms with E-state index in [0.717, 1.165) is 0 Å². The van der Waals surface area contributed by atoms with Crippen LogP contribution in [0.15, 0.2) is 41.5 Å². The van der Waals surface area contributed by atoms with Crippen LogP contribution >= 0.6 is 0 Å². The first-order valence-corrected chi connectivity index (χ1v) is 10.6. The SMILES string of the molecule is CCOC(=O)C1=C(C(=O)OCC)[C@@](Cc2ccccc2)(C(=O)OCC)N[C@H]1C(=O)OCC. The molecular formula is C23H29NO8. The standard InChI is InChI=1S/C23H29NO8/c1-5-29-19(25)16-17(20(26)30-6-2)23(22(28)32-8-4,14-15-12-10-9-11-13-15)24-18(16)21(27)31-7-3/h9-13,18,24H,5-8,14H2,1-4H3/t18-,23+/m1/s1. The molecule has 0 fully saturated rings. The molecule has 32 heavy (non-hydrogen) atoms. The highest BCUT2D eigenvalue weighted by molar-refractivity contribution is 6.13. The topological polar surface area (TPSA) is 117 Å². The van der Waals surface area contributed by atoms with Gasteiger partial charge in [0.05, 0.1) is 37.6 Å². The Hall–Kier alpha value is -3.20. The third-order valence-electron chi connectivity index (χ3n) is 4.81. The van der Waals surface area contributed by atoms with E-state index in [2.05, 4.69) is 5.32 Å². The second-order valence-electron chi connectivity index (χ2n) is 6.85. The smallest absolute Gasteiger partial charge is 0.337 e. The Kier molecular flexibility index (Phi) is 8.95. The van der Waals surface area contributed by atoms with Crippen molar-refractivity contribution in [2.24, 2.45) is 0 Å². The molecule has 1 aromatic carbocycles. The molecule has 2 atom stereocenters. The van der Waals surface area contributed by atoms with E-state index in [1.54, 1.807) is 58.0 Å². The fourth-order valence-electron chi connectivity index (χ4n) is 3.61. The minimum Gasteiger partial charge on any atom is -0.465 e. The van der Waals surface area contributed by atoms with E-state index in [0.29, 0.717) is 5.56 Å². The van der Waals surface area contributed by atoms with Crippen LogP contribution in [-0.2, 0) is 44.5 Å². The molecule has 0 saturated carbocycles. The van der Waals surface area contributed by atoms with Crippen LogP contribution in [-0.4, -0.2) is 61.9 Å². The van der Waals surface area contributed by atoms with E-state index < -0.39 is 35.5 Å². The van der Waals surface area contributed by atoms with E-state index >= 15 is 0 Å². The molecule has 0 unspecified atom stereocenters. The summed E-state index contributed by atoms with van der Waals surface area (Å²) in [5.41, 5.74) is -1.81. The third-order valence-corrected chi connectivity index (χ3v) is 4.81. The number of hydrogen-bond donors (Lipinski definition) is 1. The van der Waals surface area contributed by atoms with Crippen molar-refractivity contribution in [2.75, 3.05) is 26.4 Å². The van der Waals surface area contributed by atoms with Crippen LogP contribution in [0.25, 0.3) is 0 Å². The lowest BCUT2D eigenvalue weighted by Crippen LogP contribution is -2.58. The third kappa shape index (κ3) is 5.16. The van der Waals surface area contributed by atoms with Gasteiger partial charge in [0.15, 0.2) is 5.54 Å². The van der Waals surface area contributed by atoms with Crippen molar-refractivity contribution in [2.45, 2.75) is 45.7 Å². The van der Waals surface area contributed by atoms with Gasteiger partial charge in [-0.1, -0.05) is 30.3 Å². The number of benzene rings is 1. The number of rotatable bonds is 10. The van der Waals surface area contributed by atoms with E-state index in [1.165, 1.54) is 0 Å². The van der Waals surface area contributed by atoms with Gasteiger partial charge in [-0.05, 0) is 33.3 Å². The zero-order valence-electron chi connectivity index (χ0n) is 18.8. The molecule has 0 bridgehead atoms. The van der Waals surface area contributed by atoms with Crippen molar-refractivity contribution >= 4 is 23.9 Å². The van der Waals surface area contributed by atoms with Gasteiger partial charge < -0.3 is 18.9 Å². The number of nitrogens with one attached hydrogen (secondary N) is 1. The maximum absolute atomic E-state index is 13.3. The van der Waals surface area contributed by atoms with Crippen molar-refractivity contribution in [3.05, 3.63) is 47.0 Å². The fourth-order valence-corrected chi connectivity index (χ4v) is 3.61. The molecule has 1 aliphatic heterocycles. The summed E-state index contributed by atoms with van der Waals surface area (Å²) in [5.74, 6) is -3.48. The normalized spacial score (nSPS) is 19.9. The second kappa shape index (κ2) is 11.4. The number of ether oxygens (including phenoxy) is 4. The molecule has 1 heterocycles. The highest BCUT2D eigenvalue weighted by atomic mass is 16.6. The lowest BCUT2D eigenvalue weighted by Gasteiger charge is -2.30. The fraction of sp³-hybridized carbons (Fsp3) is 0.478. The zero-order valence-corrected chi connectivity index (χ0v) is 18.8. The van der Waals surface area contributed by atoms with Crippen LogP contribution in [0.5, 0.6) is 0 Å². The van der Waals surface area contributed by atoms with E-state index in [1.807, 2.05) is 0 Å². The Morgan fingerprint density at radius 2 is 1.38 bits per heavy atom. The Balaban J connectivity index is 2.79. The number of carbonyl (C=O) groups is 4. The average Bonchev–Trinajstić information content (AvgIpc) is 3.11. The second-order valence-corrected chi connectivity index (χ2v) is 6.85. The van der Waals surface area contributed by atoms with E-state index in [9.17, 15) is 19.2 Å². The van der Waals surface area contributed by atoms with Crippen molar-refractivity contribution < 1.29 is 38.1 Å². The lowest BCUT2D eigenvalue weighted by atomic mass is 9.83. The molecule has 0 saturated heterocycles. The average molecular weight is 447 g/mol. The van der Waals surface area contributed by atoms with Gasteiger partial charge in [0.2, 0.25) is 0 Å². The summed E-state index contributed by atoms with van der Waals surface area (Å²) in [6, 6.07) is 7.44. The monoisotopic (exact) mass is 447 g/mol. The van der Waals surface area contributed by atoms with Crippen LogP contribution < -0.4 is 5.32 Å². The summed E-state index contributed by atoms with van der Waals surface area (Å²) in [6.07, 6.45) is -0.0698. The van der Waals surface area contributed by atoms with Gasteiger partial charge in [0.1, 0.15) is 6.04 Å². The molecule has 9 nitrogen and oxygen atoms in total. The van der Waals surface area contributed by atoms with E-state index in [-0.39, 0.29) is 44.0 Å². The molecule has 0 aliphatic carbocycles. The summed E-state index contributed by atoms with van der Waals surface area (Å²) in [4.78, 5) is 52.1. The zero-order chi connectivity index (χ0) is 23.7. The summed E-state index contributed by atoms with van der Waals surface area (Å²) in [6.45, 7) is 6.45. The highest BCUT2D eigenvalue weighted by Gasteiger charge is 2.59. The maximum Gasteiger partial charge on any atom is 0.337 e. The van der Waals surface area contributed by atoms with Crippen LogP contribution in [0.4, 0.5) is 0 Å². The Labute approximate surface area is 187 Å². The van der Waals surface area contributed by atoms with Gasteiger partial charge in [0.25, 0.3) is 0 Å². The number of carbonyl (C=O) groups excluding carboxylic acids is 4. The van der Waals surface area contributed by atoms with Gasteiger partial charge in [-0.3, -0.25) is 5.32 Å². The summed E-state index contributed by atoms with van der Waals surface area (Å²) < 4.78 is 20.7. The summed E-state index contributed by atoms with van der Waals surface area (Å²) in [5, 5.41) is 2.88. The first kappa shape index (κ1) is 25.1. The Morgan fingerprint density at radius 3 is 1.94 bits per heavy atom. The van der Waals surface area contributed by atoms with Gasteiger partial charge in [-0.15, -0.1) is 0 Å². The van der Waals surface area contributed by atoms with Gasteiger partial charge in [-0.2, -0.15) is 0 Å². The van der Waals surface area contributed by atoms with Crippen LogP contribution in [0, 0.1) is 0 Å². The summed E-state index contributed by atoms with van der Waals surface area (Å²) >= 11 is 0. The van der Waals surface area contributed by atoms with Crippen molar-refractivity contribution in [1.82, 2.24) is 5.32 Å². The number of hydrogen-bond acceptors (Lipinski definition) is 9. The largest absolute Gasteiger partial charge is 0.465 e. The van der Waals surface area contributed by atoms with Gasteiger partial charge in [-0.25, -0.2) is 19.2 Å². The molecular weight excluding hydrogens is 418 g/mol. The molecule has 0 spiro atoms. The van der Waals surface area contributed by atoms with Crippen LogP contribution in [0.1, 0.15) is 33.3 Å². The number of esters is 4. The van der Waals surface area contributed by atoms with E-state index in [4.69, 9.17) is 18.9 Å². The first-order valence-electron chi connectivity index (χ1n) is 10.6. The Bertz CT molecular complexity index is 879. The first-order chi connectivity index (χ1) is 15.4. The van der Waals surface area contributed by atoms with Crippen molar-refractivity contribution in [3.63, 3.8) is 0 Å². The molecule has 2 rings (SSSR count). The molecule has 9 heteroatoms.